The fourth-order valence-corrected chi connectivity index (χ4v) is 2.65. The average molecular weight is 340 g/mol. The van der Waals surface area contributed by atoms with Crippen molar-refractivity contribution in [2.75, 3.05) is 6.54 Å². The van der Waals surface area contributed by atoms with Gasteiger partial charge < -0.3 is 5.32 Å². The van der Waals surface area contributed by atoms with Crippen LogP contribution in [0.3, 0.4) is 0 Å². The monoisotopic (exact) mass is 340 g/mol. The Morgan fingerprint density at radius 1 is 1.16 bits per heavy atom. The highest BCUT2D eigenvalue weighted by atomic mass is 19.1. The lowest BCUT2D eigenvalue weighted by atomic mass is 9.96. The molecule has 0 aliphatic rings. The van der Waals surface area contributed by atoms with Gasteiger partial charge in [0.2, 0.25) is 0 Å². The van der Waals surface area contributed by atoms with E-state index in [1.807, 2.05) is 25.2 Å². The van der Waals surface area contributed by atoms with Crippen LogP contribution in [0, 0.1) is 5.82 Å². The molecule has 0 atom stereocenters. The van der Waals surface area contributed by atoms with Crippen LogP contribution < -0.4 is 5.32 Å². The second-order valence-electron chi connectivity index (χ2n) is 7.02. The van der Waals surface area contributed by atoms with Crippen LogP contribution in [0.15, 0.2) is 42.6 Å². The van der Waals surface area contributed by atoms with Crippen LogP contribution >= 0.6 is 0 Å². The topological polar surface area (TPSA) is 59.3 Å². The molecule has 25 heavy (non-hydrogen) atoms. The van der Waals surface area contributed by atoms with E-state index in [-0.39, 0.29) is 17.1 Å². The van der Waals surface area contributed by atoms with Gasteiger partial charge in [0.1, 0.15) is 11.6 Å². The summed E-state index contributed by atoms with van der Waals surface area (Å²) in [5, 5.41) is 11.2. The third-order valence-corrected chi connectivity index (χ3v) is 3.97. The van der Waals surface area contributed by atoms with Gasteiger partial charge in [-0.15, -0.1) is 10.2 Å². The first-order valence-corrected chi connectivity index (χ1v) is 8.23. The Labute approximate surface area is 145 Å². The molecular weight excluding hydrogens is 319 g/mol. The highest BCUT2D eigenvalue weighted by molar-refractivity contribution is 5.94. The summed E-state index contributed by atoms with van der Waals surface area (Å²) in [5.74, 6) is 0.341. The second kappa shape index (κ2) is 6.63. The smallest absolute Gasteiger partial charge is 0.252 e. The Kier molecular flexibility index (Phi) is 4.53. The molecule has 0 radical (unpaired) electrons. The molecule has 5 nitrogen and oxygen atoms in total. The lowest BCUT2D eigenvalue weighted by Gasteiger charge is -2.16. The summed E-state index contributed by atoms with van der Waals surface area (Å²) >= 11 is 0. The molecule has 0 aliphatic heterocycles. The van der Waals surface area contributed by atoms with E-state index in [0.717, 1.165) is 5.82 Å². The first kappa shape index (κ1) is 17.1. The maximum absolute atomic E-state index is 13.6. The van der Waals surface area contributed by atoms with Crippen molar-refractivity contribution in [3.63, 3.8) is 0 Å². The molecule has 0 saturated carbocycles. The Morgan fingerprint density at radius 2 is 1.92 bits per heavy atom. The third-order valence-electron chi connectivity index (χ3n) is 3.97. The van der Waals surface area contributed by atoms with E-state index in [1.54, 1.807) is 36.5 Å². The number of hydrogen-bond acceptors (Lipinski definition) is 3. The van der Waals surface area contributed by atoms with E-state index in [1.165, 1.54) is 6.07 Å². The van der Waals surface area contributed by atoms with Crippen molar-refractivity contribution in [2.45, 2.75) is 32.6 Å². The van der Waals surface area contributed by atoms with Crippen LogP contribution in [0.4, 0.5) is 4.39 Å². The summed E-state index contributed by atoms with van der Waals surface area (Å²) in [6, 6.07) is 10.1. The van der Waals surface area contributed by atoms with E-state index < -0.39 is 0 Å². The van der Waals surface area contributed by atoms with Crippen LogP contribution in [-0.2, 0) is 11.8 Å². The SMILES string of the molecule is CC(C)(C)c1nnc2ccc(C(=O)NCCc3ccccc3F)cn12. The number of nitrogens with zero attached hydrogens (tertiary/aromatic N) is 3. The molecule has 1 aromatic carbocycles. The van der Waals surface area contributed by atoms with Crippen molar-refractivity contribution in [2.24, 2.45) is 0 Å². The van der Waals surface area contributed by atoms with Gasteiger partial charge in [-0.3, -0.25) is 9.20 Å². The minimum atomic E-state index is -0.252. The quantitative estimate of drug-likeness (QED) is 0.794. The summed E-state index contributed by atoms with van der Waals surface area (Å²) in [5.41, 5.74) is 1.63. The number of carbonyl (C=O) groups excluding carboxylic acids is 1. The molecule has 1 N–H and O–H groups in total. The molecule has 0 bridgehead atoms. The van der Waals surface area contributed by atoms with Gasteiger partial charge in [0, 0.05) is 18.2 Å². The number of pyridine rings is 1. The molecule has 0 fully saturated rings. The van der Waals surface area contributed by atoms with Crippen LogP contribution in [0.1, 0.15) is 42.5 Å². The van der Waals surface area contributed by atoms with Crippen LogP contribution in [0.2, 0.25) is 0 Å². The molecular formula is C19H21FN4O. The molecule has 3 rings (SSSR count). The number of fused-ring (bicyclic) bond motifs is 1. The molecule has 0 unspecified atom stereocenters. The van der Waals surface area contributed by atoms with E-state index in [4.69, 9.17) is 0 Å². The molecule has 0 saturated heterocycles. The zero-order valence-corrected chi connectivity index (χ0v) is 14.6. The van der Waals surface area contributed by atoms with Crippen molar-refractivity contribution in [3.8, 4) is 0 Å². The van der Waals surface area contributed by atoms with Crippen LogP contribution in [-0.4, -0.2) is 27.0 Å². The minimum absolute atomic E-state index is 0.181. The van der Waals surface area contributed by atoms with E-state index in [0.29, 0.717) is 29.7 Å². The zero-order valence-electron chi connectivity index (χ0n) is 14.6. The van der Waals surface area contributed by atoms with Crippen molar-refractivity contribution in [3.05, 3.63) is 65.4 Å². The lowest BCUT2D eigenvalue weighted by Crippen LogP contribution is -2.26. The Balaban J connectivity index is 1.73. The predicted octanol–water partition coefficient (Wildman–Crippen LogP) is 3.14. The van der Waals surface area contributed by atoms with Crippen molar-refractivity contribution in [1.29, 1.82) is 0 Å². The number of rotatable bonds is 4. The van der Waals surface area contributed by atoms with Crippen LogP contribution in [0.5, 0.6) is 0 Å². The largest absolute Gasteiger partial charge is 0.352 e. The molecule has 1 amide bonds. The first-order valence-electron chi connectivity index (χ1n) is 8.23. The molecule has 0 spiro atoms. The van der Waals surface area contributed by atoms with Crippen molar-refractivity contribution >= 4 is 11.6 Å². The number of nitrogens with one attached hydrogen (secondary N) is 1. The fraction of sp³-hybridized carbons (Fsp3) is 0.316. The Hall–Kier alpha value is -2.76. The maximum atomic E-state index is 13.6. The molecule has 130 valence electrons. The van der Waals surface area contributed by atoms with E-state index in [2.05, 4.69) is 15.5 Å². The van der Waals surface area contributed by atoms with Gasteiger partial charge in [-0.25, -0.2) is 4.39 Å². The summed E-state index contributed by atoms with van der Waals surface area (Å²) in [6.45, 7) is 6.51. The number of amides is 1. The van der Waals surface area contributed by atoms with Gasteiger partial charge in [-0.05, 0) is 30.2 Å². The molecule has 0 aliphatic carbocycles. The summed E-state index contributed by atoms with van der Waals surface area (Å²) < 4.78 is 15.4. The lowest BCUT2D eigenvalue weighted by molar-refractivity contribution is 0.0953. The second-order valence-corrected chi connectivity index (χ2v) is 7.02. The van der Waals surface area contributed by atoms with Gasteiger partial charge >= 0.3 is 0 Å². The molecule has 6 heteroatoms. The normalized spacial score (nSPS) is 11.7. The van der Waals surface area contributed by atoms with Gasteiger partial charge in [0.15, 0.2) is 5.65 Å². The fourth-order valence-electron chi connectivity index (χ4n) is 2.65. The van der Waals surface area contributed by atoms with Gasteiger partial charge in [0.05, 0.1) is 5.56 Å². The molecule has 2 heterocycles. The zero-order chi connectivity index (χ0) is 18.0. The van der Waals surface area contributed by atoms with E-state index in [9.17, 15) is 9.18 Å². The van der Waals surface area contributed by atoms with Crippen molar-refractivity contribution < 1.29 is 9.18 Å². The Morgan fingerprint density at radius 3 is 2.64 bits per heavy atom. The summed E-state index contributed by atoms with van der Waals surface area (Å²) in [4.78, 5) is 12.4. The number of benzene rings is 1. The van der Waals surface area contributed by atoms with Gasteiger partial charge in [-0.1, -0.05) is 39.0 Å². The summed E-state index contributed by atoms with van der Waals surface area (Å²) in [6.07, 6.45) is 2.19. The third kappa shape index (κ3) is 3.68. The summed E-state index contributed by atoms with van der Waals surface area (Å²) in [7, 11) is 0. The van der Waals surface area contributed by atoms with Gasteiger partial charge in [-0.2, -0.15) is 0 Å². The first-order chi connectivity index (χ1) is 11.9. The van der Waals surface area contributed by atoms with Crippen LogP contribution in [0.25, 0.3) is 5.65 Å². The molecule has 2 aromatic heterocycles. The minimum Gasteiger partial charge on any atom is -0.352 e. The average Bonchev–Trinajstić information content (AvgIpc) is 2.99. The number of aromatic nitrogens is 3. The van der Waals surface area contributed by atoms with E-state index >= 15 is 0 Å². The van der Waals surface area contributed by atoms with Gasteiger partial charge in [0.25, 0.3) is 5.91 Å². The molecule has 3 aromatic rings. The number of carbonyl (C=O) groups is 1. The highest BCUT2D eigenvalue weighted by Gasteiger charge is 2.21. The predicted molar refractivity (Wildman–Crippen MR) is 94.1 cm³/mol. The maximum Gasteiger partial charge on any atom is 0.252 e. The number of hydrogen-bond donors (Lipinski definition) is 1. The van der Waals surface area contributed by atoms with Crippen molar-refractivity contribution in [1.82, 2.24) is 19.9 Å². The number of halogens is 1. The Bertz CT molecular complexity index is 911. The highest BCUT2D eigenvalue weighted by Crippen LogP contribution is 2.21. The standard InChI is InChI=1S/C19H21FN4O/c1-19(2,3)18-23-22-16-9-8-14(12-24(16)18)17(25)21-11-10-13-6-4-5-7-15(13)20/h4-9,12H,10-11H2,1-3H3,(H,21,25).